The molecular formula is C15H33N3. The Hall–Kier alpha value is -0.120. The predicted octanol–water partition coefficient (Wildman–Crippen LogP) is 2.18. The number of likely N-dealkylation sites (N-methyl/N-ethyl adjacent to an activating group) is 1. The first-order valence-electron chi connectivity index (χ1n) is 7.83. The van der Waals surface area contributed by atoms with Crippen LogP contribution in [0.25, 0.3) is 0 Å². The third-order valence-corrected chi connectivity index (χ3v) is 4.41. The van der Waals surface area contributed by atoms with Gasteiger partial charge in [0.15, 0.2) is 0 Å². The molecule has 1 fully saturated rings. The van der Waals surface area contributed by atoms with Crippen molar-refractivity contribution in [2.24, 2.45) is 0 Å². The van der Waals surface area contributed by atoms with Gasteiger partial charge in [0.25, 0.3) is 0 Å². The quantitative estimate of drug-likeness (QED) is 0.681. The zero-order chi connectivity index (χ0) is 13.4. The molecule has 0 aromatic heterocycles. The summed E-state index contributed by atoms with van der Waals surface area (Å²) in [5.41, 5.74) is 0. The Morgan fingerprint density at radius 1 is 1.17 bits per heavy atom. The van der Waals surface area contributed by atoms with Gasteiger partial charge in [0.2, 0.25) is 0 Å². The molecule has 1 rings (SSSR count). The van der Waals surface area contributed by atoms with E-state index in [2.05, 4.69) is 42.9 Å². The highest BCUT2D eigenvalue weighted by molar-refractivity contribution is 4.73. The van der Waals surface area contributed by atoms with Crippen molar-refractivity contribution in [3.05, 3.63) is 0 Å². The van der Waals surface area contributed by atoms with Gasteiger partial charge in [0.1, 0.15) is 0 Å². The Balaban J connectivity index is 2.13. The van der Waals surface area contributed by atoms with Gasteiger partial charge in [0, 0.05) is 31.7 Å². The third-order valence-electron chi connectivity index (χ3n) is 4.41. The van der Waals surface area contributed by atoms with Crippen molar-refractivity contribution in [3.63, 3.8) is 0 Å². The van der Waals surface area contributed by atoms with E-state index in [1.165, 1.54) is 51.9 Å². The highest BCUT2D eigenvalue weighted by atomic mass is 15.2. The molecule has 1 heterocycles. The van der Waals surface area contributed by atoms with Crippen LogP contribution in [0.5, 0.6) is 0 Å². The van der Waals surface area contributed by atoms with Crippen LogP contribution < -0.4 is 5.32 Å². The van der Waals surface area contributed by atoms with Gasteiger partial charge in [-0.2, -0.15) is 0 Å². The molecule has 0 aromatic carbocycles. The van der Waals surface area contributed by atoms with E-state index in [9.17, 15) is 0 Å². The van der Waals surface area contributed by atoms with Crippen molar-refractivity contribution >= 4 is 0 Å². The lowest BCUT2D eigenvalue weighted by Gasteiger charge is -2.28. The van der Waals surface area contributed by atoms with Crippen molar-refractivity contribution in [2.45, 2.75) is 58.5 Å². The minimum atomic E-state index is 0.633. The summed E-state index contributed by atoms with van der Waals surface area (Å²) in [6.07, 6.45) is 5.27. The van der Waals surface area contributed by atoms with E-state index < -0.39 is 0 Å². The molecule has 3 nitrogen and oxygen atoms in total. The van der Waals surface area contributed by atoms with E-state index in [0.717, 1.165) is 6.54 Å². The Labute approximate surface area is 114 Å². The average Bonchev–Trinajstić information content (AvgIpc) is 2.90. The summed E-state index contributed by atoms with van der Waals surface area (Å²) in [5, 5.41) is 3.67. The molecule has 0 spiro atoms. The van der Waals surface area contributed by atoms with Crippen molar-refractivity contribution in [3.8, 4) is 0 Å². The Kier molecular flexibility index (Phi) is 7.87. The van der Waals surface area contributed by atoms with E-state index in [1.807, 2.05) is 0 Å². The van der Waals surface area contributed by atoms with Gasteiger partial charge in [-0.05, 0) is 52.7 Å². The standard InChI is InChI=1S/C15H33N3/c1-5-15(6-2)16-13-14(3)17(4)11-12-18-9-7-8-10-18/h14-16H,5-13H2,1-4H3. The molecular weight excluding hydrogens is 222 g/mol. The largest absolute Gasteiger partial charge is 0.312 e. The molecule has 0 saturated carbocycles. The van der Waals surface area contributed by atoms with Crippen LogP contribution >= 0.6 is 0 Å². The lowest BCUT2D eigenvalue weighted by Crippen LogP contribution is -2.43. The SMILES string of the molecule is CCC(CC)NCC(C)N(C)CCN1CCCC1. The zero-order valence-corrected chi connectivity index (χ0v) is 12.9. The fourth-order valence-corrected chi connectivity index (χ4v) is 2.60. The fourth-order valence-electron chi connectivity index (χ4n) is 2.60. The molecule has 1 unspecified atom stereocenters. The maximum absolute atomic E-state index is 3.67. The average molecular weight is 255 g/mol. The van der Waals surface area contributed by atoms with Crippen LogP contribution in [0, 0.1) is 0 Å². The summed E-state index contributed by atoms with van der Waals surface area (Å²) in [6, 6.07) is 1.33. The van der Waals surface area contributed by atoms with Crippen LogP contribution in [0.4, 0.5) is 0 Å². The minimum absolute atomic E-state index is 0.633. The monoisotopic (exact) mass is 255 g/mol. The molecule has 0 aliphatic carbocycles. The lowest BCUT2D eigenvalue weighted by molar-refractivity contribution is 0.207. The first-order chi connectivity index (χ1) is 8.67. The van der Waals surface area contributed by atoms with Crippen LogP contribution in [0.1, 0.15) is 46.5 Å². The van der Waals surface area contributed by atoms with Gasteiger partial charge >= 0.3 is 0 Å². The molecule has 0 amide bonds. The molecule has 108 valence electrons. The molecule has 3 heteroatoms. The lowest BCUT2D eigenvalue weighted by atomic mass is 10.1. The van der Waals surface area contributed by atoms with Crippen molar-refractivity contribution in [2.75, 3.05) is 39.8 Å². The summed E-state index contributed by atoms with van der Waals surface area (Å²) < 4.78 is 0. The maximum Gasteiger partial charge on any atom is 0.0189 e. The van der Waals surface area contributed by atoms with Crippen LogP contribution in [-0.2, 0) is 0 Å². The van der Waals surface area contributed by atoms with Crippen molar-refractivity contribution in [1.29, 1.82) is 0 Å². The molecule has 18 heavy (non-hydrogen) atoms. The highest BCUT2D eigenvalue weighted by Crippen LogP contribution is 2.07. The second-order valence-corrected chi connectivity index (χ2v) is 5.80. The number of hydrogen-bond donors (Lipinski definition) is 1. The molecule has 1 aliphatic rings. The number of rotatable bonds is 9. The minimum Gasteiger partial charge on any atom is -0.312 e. The Morgan fingerprint density at radius 3 is 2.33 bits per heavy atom. The fraction of sp³-hybridized carbons (Fsp3) is 1.00. The van der Waals surface area contributed by atoms with Gasteiger partial charge in [-0.15, -0.1) is 0 Å². The van der Waals surface area contributed by atoms with Crippen LogP contribution in [0.3, 0.4) is 0 Å². The van der Waals surface area contributed by atoms with Gasteiger partial charge < -0.3 is 15.1 Å². The second-order valence-electron chi connectivity index (χ2n) is 5.80. The number of likely N-dealkylation sites (tertiary alicyclic amines) is 1. The second kappa shape index (κ2) is 8.89. The predicted molar refractivity (Wildman–Crippen MR) is 80.1 cm³/mol. The van der Waals surface area contributed by atoms with Crippen LogP contribution in [0.15, 0.2) is 0 Å². The molecule has 1 saturated heterocycles. The van der Waals surface area contributed by atoms with E-state index in [1.54, 1.807) is 0 Å². The van der Waals surface area contributed by atoms with Gasteiger partial charge in [0.05, 0.1) is 0 Å². The molecule has 1 aliphatic heterocycles. The summed E-state index contributed by atoms with van der Waals surface area (Å²) in [6.45, 7) is 13.0. The molecule has 0 radical (unpaired) electrons. The van der Waals surface area contributed by atoms with Crippen LogP contribution in [0.2, 0.25) is 0 Å². The van der Waals surface area contributed by atoms with Gasteiger partial charge in [-0.1, -0.05) is 13.8 Å². The van der Waals surface area contributed by atoms with Crippen LogP contribution in [-0.4, -0.2) is 61.7 Å². The molecule has 0 bridgehead atoms. The third kappa shape index (κ3) is 5.68. The van der Waals surface area contributed by atoms with Gasteiger partial charge in [-0.3, -0.25) is 0 Å². The first-order valence-corrected chi connectivity index (χ1v) is 7.83. The normalized spacial score (nSPS) is 19.0. The number of nitrogens with one attached hydrogen (secondary N) is 1. The van der Waals surface area contributed by atoms with Crippen molar-refractivity contribution < 1.29 is 0 Å². The Bertz CT molecular complexity index is 188. The summed E-state index contributed by atoms with van der Waals surface area (Å²) in [4.78, 5) is 5.09. The van der Waals surface area contributed by atoms with E-state index in [-0.39, 0.29) is 0 Å². The van der Waals surface area contributed by atoms with Crippen molar-refractivity contribution in [1.82, 2.24) is 15.1 Å². The van der Waals surface area contributed by atoms with E-state index in [4.69, 9.17) is 0 Å². The van der Waals surface area contributed by atoms with E-state index in [0.29, 0.717) is 12.1 Å². The summed E-state index contributed by atoms with van der Waals surface area (Å²) in [5.74, 6) is 0. The highest BCUT2D eigenvalue weighted by Gasteiger charge is 2.14. The molecule has 1 atom stereocenters. The van der Waals surface area contributed by atoms with E-state index >= 15 is 0 Å². The summed E-state index contributed by atoms with van der Waals surface area (Å²) >= 11 is 0. The number of nitrogens with zero attached hydrogens (tertiary/aromatic N) is 2. The summed E-state index contributed by atoms with van der Waals surface area (Å²) in [7, 11) is 2.26. The smallest absolute Gasteiger partial charge is 0.0189 e. The maximum atomic E-state index is 3.67. The topological polar surface area (TPSA) is 18.5 Å². The number of hydrogen-bond acceptors (Lipinski definition) is 3. The molecule has 0 aromatic rings. The van der Waals surface area contributed by atoms with Gasteiger partial charge in [-0.25, -0.2) is 0 Å². The first kappa shape index (κ1) is 15.9. The zero-order valence-electron chi connectivity index (χ0n) is 12.9. The Morgan fingerprint density at radius 2 is 1.78 bits per heavy atom. The molecule has 1 N–H and O–H groups in total.